The molecule has 0 aliphatic carbocycles. The summed E-state index contributed by atoms with van der Waals surface area (Å²) in [4.78, 5) is 2.79. The van der Waals surface area contributed by atoms with E-state index >= 15 is 0 Å². The Morgan fingerprint density at radius 1 is 1.36 bits per heavy atom. The molecule has 0 radical (unpaired) electrons. The van der Waals surface area contributed by atoms with Crippen LogP contribution in [0.4, 0.5) is 8.78 Å². The Labute approximate surface area is 79.5 Å². The first kappa shape index (κ1) is 8.99. The van der Waals surface area contributed by atoms with Gasteiger partial charge in [0.25, 0.3) is 0 Å². The Bertz CT molecular complexity index is 490. The Balaban J connectivity index is 2.89. The molecule has 2 rings (SSSR count). The summed E-state index contributed by atoms with van der Waals surface area (Å²) in [5.74, 6) is -1.68. The van der Waals surface area contributed by atoms with Gasteiger partial charge in [0, 0.05) is 17.6 Å². The minimum atomic E-state index is -0.695. The monoisotopic (exact) mass is 197 g/mol. The topological polar surface area (TPSA) is 25.0 Å². The van der Waals surface area contributed by atoms with E-state index in [-0.39, 0.29) is 5.75 Å². The lowest BCUT2D eigenvalue weighted by atomic mass is 10.1. The number of benzene rings is 1. The first-order valence-corrected chi connectivity index (χ1v) is 4.15. The van der Waals surface area contributed by atoms with Gasteiger partial charge in [-0.25, -0.2) is 8.78 Å². The normalized spacial score (nSPS) is 10.9. The van der Waals surface area contributed by atoms with Crippen LogP contribution in [-0.2, 0) is 0 Å². The van der Waals surface area contributed by atoms with E-state index in [1.54, 1.807) is 13.1 Å². The summed E-state index contributed by atoms with van der Waals surface area (Å²) in [6, 6.07) is 1.23. The minimum Gasteiger partial charge on any atom is -0.491 e. The third-order valence-electron chi connectivity index (χ3n) is 2.22. The lowest BCUT2D eigenvalue weighted by molar-refractivity contribution is 0.362. The zero-order valence-corrected chi connectivity index (χ0v) is 7.82. The third-order valence-corrected chi connectivity index (χ3v) is 2.22. The van der Waals surface area contributed by atoms with Crippen molar-refractivity contribution >= 4 is 10.9 Å². The summed E-state index contributed by atoms with van der Waals surface area (Å²) >= 11 is 0. The fourth-order valence-electron chi connectivity index (χ4n) is 1.55. The van der Waals surface area contributed by atoms with Crippen molar-refractivity contribution in [1.29, 1.82) is 0 Å². The zero-order chi connectivity index (χ0) is 10.3. The van der Waals surface area contributed by atoms with E-state index < -0.39 is 11.6 Å². The van der Waals surface area contributed by atoms with Crippen LogP contribution < -0.4 is 4.74 Å². The Morgan fingerprint density at radius 2 is 2.07 bits per heavy atom. The van der Waals surface area contributed by atoms with Crippen molar-refractivity contribution in [1.82, 2.24) is 4.98 Å². The molecule has 2 nitrogen and oxygen atoms in total. The van der Waals surface area contributed by atoms with Crippen molar-refractivity contribution in [3.8, 4) is 5.75 Å². The van der Waals surface area contributed by atoms with Crippen molar-refractivity contribution in [3.05, 3.63) is 29.5 Å². The fraction of sp³-hybridized carbons (Fsp3) is 0.200. The molecule has 0 unspecified atom stereocenters. The van der Waals surface area contributed by atoms with Gasteiger partial charge in [-0.3, -0.25) is 0 Å². The van der Waals surface area contributed by atoms with Gasteiger partial charge in [0.1, 0.15) is 0 Å². The molecule has 0 atom stereocenters. The largest absolute Gasteiger partial charge is 0.491 e. The molecule has 1 aromatic heterocycles. The molecular formula is C10H9F2NO. The second kappa shape index (κ2) is 2.97. The molecule has 0 fully saturated rings. The van der Waals surface area contributed by atoms with Crippen LogP contribution in [0.2, 0.25) is 0 Å². The number of aromatic amines is 1. The van der Waals surface area contributed by atoms with Gasteiger partial charge in [0.05, 0.1) is 12.6 Å². The Hall–Kier alpha value is -1.58. The Kier molecular flexibility index (Phi) is 1.91. The van der Waals surface area contributed by atoms with Crippen molar-refractivity contribution in [2.45, 2.75) is 6.92 Å². The van der Waals surface area contributed by atoms with Crippen LogP contribution in [0.25, 0.3) is 10.9 Å². The van der Waals surface area contributed by atoms with Crippen molar-refractivity contribution in [2.24, 2.45) is 0 Å². The predicted molar refractivity (Wildman–Crippen MR) is 49.5 cm³/mol. The molecule has 4 heteroatoms. The van der Waals surface area contributed by atoms with Gasteiger partial charge < -0.3 is 9.72 Å². The smallest absolute Gasteiger partial charge is 0.191 e. The SMILES string of the molecule is COc1c(F)cc2[nH]cc(C)c2c1F. The summed E-state index contributed by atoms with van der Waals surface area (Å²) in [5, 5.41) is 0.378. The summed E-state index contributed by atoms with van der Waals surface area (Å²) < 4.78 is 31.5. The van der Waals surface area contributed by atoms with Gasteiger partial charge in [0.15, 0.2) is 17.4 Å². The number of rotatable bonds is 1. The lowest BCUT2D eigenvalue weighted by Crippen LogP contribution is -1.93. The molecule has 1 heterocycles. The molecule has 2 aromatic rings. The van der Waals surface area contributed by atoms with Gasteiger partial charge in [-0.1, -0.05) is 0 Å². The van der Waals surface area contributed by atoms with Crippen LogP contribution in [0.3, 0.4) is 0 Å². The second-order valence-electron chi connectivity index (χ2n) is 3.10. The maximum absolute atomic E-state index is 13.6. The average molecular weight is 197 g/mol. The van der Waals surface area contributed by atoms with Crippen molar-refractivity contribution < 1.29 is 13.5 Å². The molecular weight excluding hydrogens is 188 g/mol. The number of aromatic nitrogens is 1. The number of hydrogen-bond acceptors (Lipinski definition) is 1. The number of nitrogens with one attached hydrogen (secondary N) is 1. The van der Waals surface area contributed by atoms with Crippen LogP contribution in [0.15, 0.2) is 12.3 Å². The predicted octanol–water partition coefficient (Wildman–Crippen LogP) is 2.76. The van der Waals surface area contributed by atoms with E-state index in [1.165, 1.54) is 13.2 Å². The molecule has 0 amide bonds. The molecule has 0 aliphatic rings. The molecule has 0 spiro atoms. The molecule has 0 saturated carbocycles. The molecule has 0 aliphatic heterocycles. The van der Waals surface area contributed by atoms with Crippen molar-refractivity contribution in [2.75, 3.05) is 7.11 Å². The fourth-order valence-corrected chi connectivity index (χ4v) is 1.55. The lowest BCUT2D eigenvalue weighted by Gasteiger charge is -2.04. The summed E-state index contributed by atoms with van der Waals surface area (Å²) in [5.41, 5.74) is 1.18. The zero-order valence-electron chi connectivity index (χ0n) is 7.82. The highest BCUT2D eigenvalue weighted by atomic mass is 19.1. The van der Waals surface area contributed by atoms with Crippen LogP contribution in [0.1, 0.15) is 5.56 Å². The van der Waals surface area contributed by atoms with Gasteiger partial charge in [-0.15, -0.1) is 0 Å². The van der Waals surface area contributed by atoms with Gasteiger partial charge in [-0.2, -0.15) is 0 Å². The molecule has 0 saturated heterocycles. The maximum atomic E-state index is 13.6. The van der Waals surface area contributed by atoms with Crippen LogP contribution >= 0.6 is 0 Å². The highest BCUT2D eigenvalue weighted by molar-refractivity contribution is 5.85. The number of methoxy groups -OCH3 is 1. The molecule has 0 bridgehead atoms. The number of aryl methyl sites for hydroxylation is 1. The van der Waals surface area contributed by atoms with Crippen LogP contribution in [-0.4, -0.2) is 12.1 Å². The number of fused-ring (bicyclic) bond motifs is 1. The molecule has 1 N–H and O–H groups in total. The average Bonchev–Trinajstić information content (AvgIpc) is 2.48. The third kappa shape index (κ3) is 1.07. The van der Waals surface area contributed by atoms with Gasteiger partial charge >= 0.3 is 0 Å². The van der Waals surface area contributed by atoms with Crippen molar-refractivity contribution in [3.63, 3.8) is 0 Å². The molecule has 74 valence electrons. The van der Waals surface area contributed by atoms with Crippen LogP contribution in [0, 0.1) is 18.6 Å². The van der Waals surface area contributed by atoms with E-state index in [0.717, 1.165) is 5.56 Å². The van der Waals surface area contributed by atoms with E-state index in [2.05, 4.69) is 9.72 Å². The van der Waals surface area contributed by atoms with Gasteiger partial charge in [0.2, 0.25) is 0 Å². The quantitative estimate of drug-likeness (QED) is 0.747. The van der Waals surface area contributed by atoms with E-state index in [4.69, 9.17) is 0 Å². The van der Waals surface area contributed by atoms with E-state index in [9.17, 15) is 8.78 Å². The summed E-state index contributed by atoms with van der Waals surface area (Å²) in [6.45, 7) is 1.75. The number of ether oxygens (including phenoxy) is 1. The number of hydrogen-bond donors (Lipinski definition) is 1. The number of halogens is 2. The highest BCUT2D eigenvalue weighted by Gasteiger charge is 2.16. The van der Waals surface area contributed by atoms with Gasteiger partial charge in [-0.05, 0) is 12.5 Å². The second-order valence-corrected chi connectivity index (χ2v) is 3.10. The standard InChI is InChI=1S/C10H9F2NO/c1-5-4-13-7-3-6(11)10(14-2)9(12)8(5)7/h3-4,13H,1-2H3. The maximum Gasteiger partial charge on any atom is 0.191 e. The molecule has 1 aromatic carbocycles. The first-order chi connectivity index (χ1) is 6.65. The molecule has 14 heavy (non-hydrogen) atoms. The first-order valence-electron chi connectivity index (χ1n) is 4.15. The van der Waals surface area contributed by atoms with Crippen LogP contribution in [0.5, 0.6) is 5.75 Å². The minimum absolute atomic E-state index is 0.333. The summed E-state index contributed by atoms with van der Waals surface area (Å²) in [6.07, 6.45) is 1.63. The highest BCUT2D eigenvalue weighted by Crippen LogP contribution is 2.30. The Morgan fingerprint density at radius 3 is 2.71 bits per heavy atom. The summed E-state index contributed by atoms with van der Waals surface area (Å²) in [7, 11) is 1.25. The number of H-pyrrole nitrogens is 1. The van der Waals surface area contributed by atoms with E-state index in [0.29, 0.717) is 10.9 Å². The van der Waals surface area contributed by atoms with E-state index in [1.807, 2.05) is 0 Å².